The maximum atomic E-state index is 12.4. The number of benzene rings is 1. The van der Waals surface area contributed by atoms with Gasteiger partial charge in [0.15, 0.2) is 6.10 Å². The average molecular weight is 329 g/mol. The molecule has 130 valence electrons. The lowest BCUT2D eigenvalue weighted by Gasteiger charge is -2.24. The molecule has 2 rings (SSSR count). The molecule has 0 aliphatic rings. The third kappa shape index (κ3) is 3.86. The van der Waals surface area contributed by atoms with Gasteiger partial charge in [0.25, 0.3) is 5.82 Å². The van der Waals surface area contributed by atoms with E-state index in [2.05, 4.69) is 63.1 Å². The standard InChI is InChI=1S/C20H29N2O2/c1-15(24-18(23)16-11-9-8-10-12-16)17-21(19(2,3)4)13-14-22(17)20(5,6)7/h8-15H,1-7H3/q+1. The summed E-state index contributed by atoms with van der Waals surface area (Å²) in [5.41, 5.74) is 0.374. The average Bonchev–Trinajstić information content (AvgIpc) is 2.93. The second-order valence-electron chi connectivity index (χ2n) is 8.15. The maximum absolute atomic E-state index is 12.4. The summed E-state index contributed by atoms with van der Waals surface area (Å²) in [7, 11) is 0. The minimum atomic E-state index is -0.355. The van der Waals surface area contributed by atoms with Gasteiger partial charge in [0.05, 0.1) is 5.56 Å². The molecular formula is C20H29N2O2+. The fourth-order valence-electron chi connectivity index (χ4n) is 2.78. The molecule has 1 atom stereocenters. The fourth-order valence-corrected chi connectivity index (χ4v) is 2.78. The highest BCUT2D eigenvalue weighted by Crippen LogP contribution is 2.24. The van der Waals surface area contributed by atoms with Crippen LogP contribution in [0.3, 0.4) is 0 Å². The van der Waals surface area contributed by atoms with E-state index in [-0.39, 0.29) is 23.2 Å². The fraction of sp³-hybridized carbons (Fsp3) is 0.500. The van der Waals surface area contributed by atoms with Gasteiger partial charge in [-0.2, -0.15) is 0 Å². The maximum Gasteiger partial charge on any atom is 0.339 e. The summed E-state index contributed by atoms with van der Waals surface area (Å²) in [6.07, 6.45) is 3.77. The quantitative estimate of drug-likeness (QED) is 0.625. The van der Waals surface area contributed by atoms with Crippen LogP contribution in [0.4, 0.5) is 0 Å². The van der Waals surface area contributed by atoms with Crippen LogP contribution < -0.4 is 4.57 Å². The number of carbonyl (C=O) groups excluding carboxylic acids is 1. The molecule has 1 unspecified atom stereocenters. The van der Waals surface area contributed by atoms with Crippen LogP contribution in [0.5, 0.6) is 0 Å². The smallest absolute Gasteiger partial charge is 0.339 e. The zero-order chi connectivity index (χ0) is 18.1. The molecule has 0 bridgehead atoms. The Bertz CT molecular complexity index is 672. The van der Waals surface area contributed by atoms with Gasteiger partial charge in [-0.1, -0.05) is 18.2 Å². The molecule has 4 nitrogen and oxygen atoms in total. The molecule has 0 radical (unpaired) electrons. The summed E-state index contributed by atoms with van der Waals surface area (Å²) in [4.78, 5) is 12.4. The van der Waals surface area contributed by atoms with Gasteiger partial charge in [0, 0.05) is 0 Å². The van der Waals surface area contributed by atoms with Crippen LogP contribution >= 0.6 is 0 Å². The minimum Gasteiger partial charge on any atom is -0.446 e. The van der Waals surface area contributed by atoms with Crippen molar-refractivity contribution in [2.45, 2.75) is 65.6 Å². The largest absolute Gasteiger partial charge is 0.446 e. The first kappa shape index (κ1) is 18.2. The lowest BCUT2D eigenvalue weighted by Crippen LogP contribution is -2.53. The third-order valence-electron chi connectivity index (χ3n) is 3.96. The number of hydrogen-bond acceptors (Lipinski definition) is 2. The summed E-state index contributed by atoms with van der Waals surface area (Å²) in [6.45, 7) is 14.8. The van der Waals surface area contributed by atoms with Crippen molar-refractivity contribution < 1.29 is 14.1 Å². The van der Waals surface area contributed by atoms with Crippen LogP contribution in [0, 0.1) is 0 Å². The molecule has 0 amide bonds. The third-order valence-corrected chi connectivity index (χ3v) is 3.96. The first-order valence-corrected chi connectivity index (χ1v) is 8.41. The number of carbonyl (C=O) groups is 1. The van der Waals surface area contributed by atoms with E-state index in [9.17, 15) is 4.79 Å². The van der Waals surface area contributed by atoms with Gasteiger partial charge in [0.1, 0.15) is 23.5 Å². The van der Waals surface area contributed by atoms with Crippen LogP contribution in [0.25, 0.3) is 0 Å². The predicted molar refractivity (Wildman–Crippen MR) is 94.9 cm³/mol. The summed E-state index contributed by atoms with van der Waals surface area (Å²) in [6, 6.07) is 9.12. The normalized spacial score (nSPS) is 13.6. The van der Waals surface area contributed by atoms with E-state index in [1.807, 2.05) is 25.1 Å². The van der Waals surface area contributed by atoms with E-state index < -0.39 is 0 Å². The Morgan fingerprint density at radius 2 is 1.67 bits per heavy atom. The lowest BCUT2D eigenvalue weighted by molar-refractivity contribution is -0.762. The van der Waals surface area contributed by atoms with Crippen molar-refractivity contribution in [3.8, 4) is 0 Å². The molecule has 24 heavy (non-hydrogen) atoms. The summed E-state index contributed by atoms with van der Waals surface area (Å²) in [5, 5.41) is 0. The highest BCUT2D eigenvalue weighted by Gasteiger charge is 2.36. The first-order valence-electron chi connectivity index (χ1n) is 8.41. The monoisotopic (exact) mass is 329 g/mol. The van der Waals surface area contributed by atoms with Gasteiger partial charge in [-0.15, -0.1) is 0 Å². The van der Waals surface area contributed by atoms with E-state index in [4.69, 9.17) is 4.74 Å². The van der Waals surface area contributed by atoms with Gasteiger partial charge < -0.3 is 4.74 Å². The lowest BCUT2D eigenvalue weighted by atomic mass is 10.1. The molecule has 0 saturated heterocycles. The summed E-state index contributed by atoms with van der Waals surface area (Å²) in [5.74, 6) is 0.685. The summed E-state index contributed by atoms with van der Waals surface area (Å²) < 4.78 is 10.1. The van der Waals surface area contributed by atoms with Gasteiger partial charge in [0.2, 0.25) is 0 Å². The Hall–Kier alpha value is -2.10. The SMILES string of the molecule is CC(OC(=O)c1ccccc1)c1n(C(C)(C)C)cc[n+]1C(C)(C)C. The predicted octanol–water partition coefficient (Wildman–Crippen LogP) is 4.20. The topological polar surface area (TPSA) is 35.1 Å². The molecule has 0 fully saturated rings. The number of ether oxygens (including phenoxy) is 1. The molecule has 0 N–H and O–H groups in total. The van der Waals surface area contributed by atoms with E-state index in [1.54, 1.807) is 12.1 Å². The van der Waals surface area contributed by atoms with Crippen molar-refractivity contribution in [1.29, 1.82) is 0 Å². The molecule has 0 saturated carbocycles. The minimum absolute atomic E-state index is 0.0980. The van der Waals surface area contributed by atoms with E-state index >= 15 is 0 Å². The number of esters is 1. The molecule has 1 heterocycles. The number of rotatable bonds is 3. The molecule has 0 aliphatic carbocycles. The first-order chi connectivity index (χ1) is 11.0. The Balaban J connectivity index is 2.39. The van der Waals surface area contributed by atoms with Gasteiger partial charge >= 0.3 is 5.97 Å². The van der Waals surface area contributed by atoms with Crippen LogP contribution in [0.1, 0.15) is 70.8 Å². The van der Waals surface area contributed by atoms with Crippen LogP contribution in [0.2, 0.25) is 0 Å². The molecule has 1 aromatic carbocycles. The van der Waals surface area contributed by atoms with E-state index in [0.29, 0.717) is 5.56 Å². The molecular weight excluding hydrogens is 300 g/mol. The Kier molecular flexibility index (Phi) is 4.88. The second-order valence-corrected chi connectivity index (χ2v) is 8.15. The Morgan fingerprint density at radius 1 is 1.08 bits per heavy atom. The van der Waals surface area contributed by atoms with Crippen molar-refractivity contribution >= 4 is 5.97 Å². The number of nitrogens with zero attached hydrogens (tertiary/aromatic N) is 2. The molecule has 1 aromatic heterocycles. The number of hydrogen-bond donors (Lipinski definition) is 0. The zero-order valence-corrected chi connectivity index (χ0v) is 15.8. The van der Waals surface area contributed by atoms with Crippen LogP contribution in [0.15, 0.2) is 42.7 Å². The molecule has 0 aliphatic heterocycles. The van der Waals surface area contributed by atoms with Crippen molar-refractivity contribution in [2.24, 2.45) is 0 Å². The number of imidazole rings is 1. The van der Waals surface area contributed by atoms with E-state index in [1.165, 1.54) is 0 Å². The van der Waals surface area contributed by atoms with Gasteiger partial charge in [-0.05, 0) is 60.6 Å². The second kappa shape index (κ2) is 6.42. The van der Waals surface area contributed by atoms with Crippen molar-refractivity contribution in [3.63, 3.8) is 0 Å². The van der Waals surface area contributed by atoms with Gasteiger partial charge in [-0.25, -0.2) is 13.9 Å². The van der Waals surface area contributed by atoms with Gasteiger partial charge in [-0.3, -0.25) is 0 Å². The molecule has 4 heteroatoms. The highest BCUT2D eigenvalue weighted by atomic mass is 16.5. The van der Waals surface area contributed by atoms with Crippen molar-refractivity contribution in [1.82, 2.24) is 4.57 Å². The molecule has 2 aromatic rings. The van der Waals surface area contributed by atoms with Crippen molar-refractivity contribution in [2.75, 3.05) is 0 Å². The highest BCUT2D eigenvalue weighted by molar-refractivity contribution is 5.89. The van der Waals surface area contributed by atoms with Crippen LogP contribution in [-0.4, -0.2) is 10.5 Å². The van der Waals surface area contributed by atoms with E-state index in [0.717, 1.165) is 5.82 Å². The zero-order valence-electron chi connectivity index (χ0n) is 15.8. The summed E-state index contributed by atoms with van der Waals surface area (Å²) >= 11 is 0. The van der Waals surface area contributed by atoms with Crippen molar-refractivity contribution in [3.05, 3.63) is 54.1 Å². The molecule has 0 spiro atoms. The Labute approximate surface area is 145 Å². The number of aromatic nitrogens is 2. The van der Waals surface area contributed by atoms with Crippen LogP contribution in [-0.2, 0) is 15.8 Å². The Morgan fingerprint density at radius 3 is 2.17 bits per heavy atom.